The van der Waals surface area contributed by atoms with Crippen molar-refractivity contribution in [3.63, 3.8) is 0 Å². The Morgan fingerprint density at radius 2 is 1.96 bits per heavy atom. The maximum absolute atomic E-state index is 13.6. The Morgan fingerprint density at radius 1 is 1.19 bits per heavy atom. The molecule has 3 rings (SSSR count). The number of carbonyl (C=O) groups is 1. The van der Waals surface area contributed by atoms with Crippen molar-refractivity contribution in [1.82, 2.24) is 9.55 Å². The van der Waals surface area contributed by atoms with Crippen LogP contribution >= 0.6 is 11.8 Å². The first-order chi connectivity index (χ1) is 13.0. The Balaban J connectivity index is 1.74. The van der Waals surface area contributed by atoms with Crippen LogP contribution in [0.2, 0.25) is 0 Å². The number of thioether (sulfide) groups is 1. The van der Waals surface area contributed by atoms with Crippen molar-refractivity contribution in [3.05, 3.63) is 82.2 Å². The van der Waals surface area contributed by atoms with E-state index in [0.29, 0.717) is 0 Å². The predicted octanol–water partition coefficient (Wildman–Crippen LogP) is 3.72. The fraction of sp³-hybridized carbons (Fsp3) is 0.150. The fourth-order valence-electron chi connectivity index (χ4n) is 2.45. The van der Waals surface area contributed by atoms with Gasteiger partial charge in [-0.2, -0.15) is 0 Å². The van der Waals surface area contributed by atoms with Crippen molar-refractivity contribution in [2.24, 2.45) is 0 Å². The number of para-hydroxylation sites is 1. The van der Waals surface area contributed by atoms with Gasteiger partial charge in [0, 0.05) is 18.1 Å². The van der Waals surface area contributed by atoms with E-state index in [9.17, 15) is 14.0 Å². The molecule has 7 heteroatoms. The zero-order valence-electron chi connectivity index (χ0n) is 14.9. The van der Waals surface area contributed by atoms with Crippen LogP contribution < -0.4 is 10.9 Å². The third-order valence-corrected chi connectivity index (χ3v) is 5.03. The fourth-order valence-corrected chi connectivity index (χ4v) is 3.15. The molecule has 27 heavy (non-hydrogen) atoms. The van der Waals surface area contributed by atoms with E-state index < -0.39 is 11.7 Å². The summed E-state index contributed by atoms with van der Waals surface area (Å²) in [6.07, 6.45) is 3.11. The number of carbonyl (C=O) groups excluding carboxylic acids is 1. The van der Waals surface area contributed by atoms with Gasteiger partial charge in [0.2, 0.25) is 5.91 Å². The summed E-state index contributed by atoms with van der Waals surface area (Å²) in [5.74, 6) is -0.966. The van der Waals surface area contributed by atoms with Crippen LogP contribution in [-0.2, 0) is 4.79 Å². The minimum Gasteiger partial charge on any atom is -0.323 e. The number of rotatable bonds is 5. The summed E-state index contributed by atoms with van der Waals surface area (Å²) in [5, 5.41) is 2.70. The molecule has 1 heterocycles. The second-order valence-electron chi connectivity index (χ2n) is 5.99. The van der Waals surface area contributed by atoms with E-state index in [2.05, 4.69) is 10.3 Å². The molecule has 1 aromatic heterocycles. The molecule has 0 saturated carbocycles. The summed E-state index contributed by atoms with van der Waals surface area (Å²) in [6.45, 7) is 3.98. The van der Waals surface area contributed by atoms with Crippen LogP contribution in [0.4, 0.5) is 10.1 Å². The molecule has 0 aliphatic heterocycles. The normalized spacial score (nSPS) is 10.6. The van der Waals surface area contributed by atoms with E-state index in [1.54, 1.807) is 18.3 Å². The summed E-state index contributed by atoms with van der Waals surface area (Å²) in [7, 11) is 0. The second kappa shape index (κ2) is 8.18. The molecule has 0 radical (unpaired) electrons. The molecule has 0 aliphatic carbocycles. The molecule has 0 unspecified atom stereocenters. The number of aromatic nitrogens is 2. The number of aryl methyl sites for hydroxylation is 2. The van der Waals surface area contributed by atoms with Crippen LogP contribution in [0.1, 0.15) is 11.1 Å². The maximum Gasteiger partial charge on any atom is 0.287 e. The summed E-state index contributed by atoms with van der Waals surface area (Å²) >= 11 is 1.02. The first-order valence-electron chi connectivity index (χ1n) is 8.28. The quantitative estimate of drug-likeness (QED) is 0.682. The largest absolute Gasteiger partial charge is 0.323 e. The van der Waals surface area contributed by atoms with Crippen LogP contribution in [0.5, 0.6) is 0 Å². The standard InChI is InChI=1S/C20H18FN3O2S/c1-13-7-8-15(11-14(13)2)24-10-9-22-19(20(24)26)27-12-18(25)23-17-6-4-3-5-16(17)21/h3-11H,12H2,1-2H3,(H,23,25). The van der Waals surface area contributed by atoms with Gasteiger partial charge in [-0.05, 0) is 49.2 Å². The first-order valence-corrected chi connectivity index (χ1v) is 9.27. The van der Waals surface area contributed by atoms with E-state index in [-0.39, 0.29) is 22.0 Å². The van der Waals surface area contributed by atoms with Crippen molar-refractivity contribution in [2.75, 3.05) is 11.1 Å². The van der Waals surface area contributed by atoms with Crippen molar-refractivity contribution in [1.29, 1.82) is 0 Å². The number of nitrogens with zero attached hydrogens (tertiary/aromatic N) is 2. The Labute approximate surface area is 160 Å². The second-order valence-corrected chi connectivity index (χ2v) is 6.96. The van der Waals surface area contributed by atoms with Gasteiger partial charge >= 0.3 is 0 Å². The molecular weight excluding hydrogens is 365 g/mol. The third-order valence-electron chi connectivity index (χ3n) is 4.07. The van der Waals surface area contributed by atoms with Crippen molar-refractivity contribution in [2.45, 2.75) is 18.9 Å². The molecule has 1 N–H and O–H groups in total. The lowest BCUT2D eigenvalue weighted by molar-refractivity contribution is -0.113. The number of hydrogen-bond donors (Lipinski definition) is 1. The van der Waals surface area contributed by atoms with Gasteiger partial charge in [0.15, 0.2) is 5.03 Å². The number of halogens is 1. The summed E-state index contributed by atoms with van der Waals surface area (Å²) in [6, 6.07) is 11.7. The van der Waals surface area contributed by atoms with Crippen LogP contribution in [0, 0.1) is 19.7 Å². The molecule has 0 aliphatic rings. The maximum atomic E-state index is 13.6. The lowest BCUT2D eigenvalue weighted by Gasteiger charge is -2.10. The highest BCUT2D eigenvalue weighted by atomic mass is 32.2. The monoisotopic (exact) mass is 383 g/mol. The summed E-state index contributed by atoms with van der Waals surface area (Å²) < 4.78 is 15.1. The number of hydrogen-bond acceptors (Lipinski definition) is 4. The van der Waals surface area contributed by atoms with E-state index >= 15 is 0 Å². The first kappa shape index (κ1) is 18.8. The summed E-state index contributed by atoms with van der Waals surface area (Å²) in [4.78, 5) is 28.8. The predicted molar refractivity (Wildman–Crippen MR) is 105 cm³/mol. The van der Waals surface area contributed by atoms with E-state index in [1.165, 1.54) is 22.9 Å². The van der Waals surface area contributed by atoms with Gasteiger partial charge in [-0.15, -0.1) is 0 Å². The third kappa shape index (κ3) is 4.43. The van der Waals surface area contributed by atoms with Gasteiger partial charge < -0.3 is 5.32 Å². The lowest BCUT2D eigenvalue weighted by atomic mass is 10.1. The molecule has 2 aromatic carbocycles. The number of amides is 1. The SMILES string of the molecule is Cc1ccc(-n2ccnc(SCC(=O)Nc3ccccc3F)c2=O)cc1C. The molecule has 0 bridgehead atoms. The summed E-state index contributed by atoms with van der Waals surface area (Å²) in [5.41, 5.74) is 2.76. The van der Waals surface area contributed by atoms with E-state index in [4.69, 9.17) is 0 Å². The van der Waals surface area contributed by atoms with Crippen LogP contribution in [0.15, 0.2) is 64.7 Å². The van der Waals surface area contributed by atoms with Gasteiger partial charge in [0.25, 0.3) is 5.56 Å². The van der Waals surface area contributed by atoms with Crippen LogP contribution in [0.3, 0.4) is 0 Å². The molecular formula is C20H18FN3O2S. The molecule has 138 valence electrons. The number of anilines is 1. The topological polar surface area (TPSA) is 64.0 Å². The minimum absolute atomic E-state index is 0.0481. The number of nitrogens with one attached hydrogen (secondary N) is 1. The molecule has 3 aromatic rings. The highest BCUT2D eigenvalue weighted by Crippen LogP contribution is 2.16. The van der Waals surface area contributed by atoms with E-state index in [0.717, 1.165) is 28.6 Å². The van der Waals surface area contributed by atoms with Crippen LogP contribution in [-0.4, -0.2) is 21.2 Å². The smallest absolute Gasteiger partial charge is 0.287 e. The molecule has 5 nitrogen and oxygen atoms in total. The zero-order valence-corrected chi connectivity index (χ0v) is 15.7. The molecule has 0 atom stereocenters. The van der Waals surface area contributed by atoms with Gasteiger partial charge in [-0.25, -0.2) is 9.37 Å². The number of benzene rings is 2. The van der Waals surface area contributed by atoms with Gasteiger partial charge in [-0.3, -0.25) is 14.2 Å². The average Bonchev–Trinajstić information content (AvgIpc) is 2.65. The highest BCUT2D eigenvalue weighted by molar-refractivity contribution is 7.99. The zero-order chi connectivity index (χ0) is 19.4. The van der Waals surface area contributed by atoms with Crippen molar-refractivity contribution < 1.29 is 9.18 Å². The highest BCUT2D eigenvalue weighted by Gasteiger charge is 2.12. The van der Waals surface area contributed by atoms with Crippen molar-refractivity contribution >= 4 is 23.4 Å². The van der Waals surface area contributed by atoms with E-state index in [1.807, 2.05) is 32.0 Å². The Hall–Kier alpha value is -2.93. The van der Waals surface area contributed by atoms with Crippen LogP contribution in [0.25, 0.3) is 5.69 Å². The molecule has 0 fully saturated rings. The van der Waals surface area contributed by atoms with Gasteiger partial charge in [0.1, 0.15) is 5.82 Å². The molecule has 0 spiro atoms. The molecule has 1 amide bonds. The minimum atomic E-state index is -0.509. The Morgan fingerprint density at radius 3 is 2.70 bits per heavy atom. The van der Waals surface area contributed by atoms with Gasteiger partial charge in [0.05, 0.1) is 11.4 Å². The Kier molecular flexibility index (Phi) is 5.71. The lowest BCUT2D eigenvalue weighted by Crippen LogP contribution is -2.22. The average molecular weight is 383 g/mol. The molecule has 0 saturated heterocycles. The van der Waals surface area contributed by atoms with Gasteiger partial charge in [-0.1, -0.05) is 30.0 Å². The Bertz CT molecular complexity index is 1050. The van der Waals surface area contributed by atoms with Crippen molar-refractivity contribution in [3.8, 4) is 5.69 Å².